The number of benzene rings is 1. The molecule has 2 atom stereocenters. The van der Waals surface area contributed by atoms with E-state index in [0.29, 0.717) is 6.54 Å². The van der Waals surface area contributed by atoms with Gasteiger partial charge in [-0.25, -0.2) is 0 Å². The van der Waals surface area contributed by atoms with Crippen LogP contribution in [-0.4, -0.2) is 42.6 Å². The molecule has 2 heterocycles. The van der Waals surface area contributed by atoms with Gasteiger partial charge in [-0.05, 0) is 56.5 Å². The van der Waals surface area contributed by atoms with Gasteiger partial charge in [-0.3, -0.25) is 9.69 Å². The lowest BCUT2D eigenvalue weighted by Crippen LogP contribution is -2.29. The third-order valence-corrected chi connectivity index (χ3v) is 4.99. The Hall–Kier alpha value is -1.43. The average Bonchev–Trinajstić information content (AvgIpc) is 2.95. The van der Waals surface area contributed by atoms with Crippen molar-refractivity contribution in [3.8, 4) is 0 Å². The minimum Gasteiger partial charge on any atom is -0.364 e. The van der Waals surface area contributed by atoms with Crippen molar-refractivity contribution in [1.29, 1.82) is 0 Å². The number of hydrogen-bond donors (Lipinski definition) is 2. The maximum Gasteiger partial charge on any atom is 0.253 e. The van der Waals surface area contributed by atoms with Gasteiger partial charge in [0.25, 0.3) is 5.91 Å². The van der Waals surface area contributed by atoms with Gasteiger partial charge in [-0.2, -0.15) is 0 Å². The second-order valence-corrected chi connectivity index (χ2v) is 6.94. The summed E-state index contributed by atoms with van der Waals surface area (Å²) in [5.74, 6) is -0.0637. The Morgan fingerprint density at radius 3 is 2.46 bits per heavy atom. The summed E-state index contributed by atoms with van der Waals surface area (Å²) in [6.07, 6.45) is 6.60. The Balaban J connectivity index is 1.50. The molecule has 0 saturated carbocycles. The molecule has 2 aliphatic rings. The Labute approximate surface area is 144 Å². The van der Waals surface area contributed by atoms with Gasteiger partial charge in [-0.15, -0.1) is 0 Å². The van der Waals surface area contributed by atoms with Crippen LogP contribution < -0.4 is 11.1 Å². The highest BCUT2D eigenvalue weighted by atomic mass is 16.5. The summed E-state index contributed by atoms with van der Waals surface area (Å²) in [5.41, 5.74) is 7.73. The first-order chi connectivity index (χ1) is 11.7. The number of nitrogens with two attached hydrogens (primary N) is 1. The van der Waals surface area contributed by atoms with Gasteiger partial charge in [-0.1, -0.05) is 25.0 Å². The zero-order valence-corrected chi connectivity index (χ0v) is 14.4. The molecular weight excluding hydrogens is 302 g/mol. The molecule has 5 nitrogen and oxygen atoms in total. The van der Waals surface area contributed by atoms with Crippen LogP contribution in [0, 0.1) is 0 Å². The van der Waals surface area contributed by atoms with Crippen molar-refractivity contribution < 1.29 is 9.53 Å². The average molecular weight is 331 g/mol. The number of nitrogens with zero attached hydrogens (tertiary/aromatic N) is 1. The van der Waals surface area contributed by atoms with Crippen LogP contribution in [0.1, 0.15) is 44.1 Å². The topological polar surface area (TPSA) is 67.6 Å². The van der Waals surface area contributed by atoms with Crippen molar-refractivity contribution >= 4 is 11.6 Å². The maximum atomic E-state index is 12.2. The van der Waals surface area contributed by atoms with Crippen LogP contribution in [0.3, 0.4) is 0 Å². The lowest BCUT2D eigenvalue weighted by atomic mass is 10.1. The van der Waals surface area contributed by atoms with Crippen molar-refractivity contribution in [3.05, 3.63) is 29.8 Å². The lowest BCUT2D eigenvalue weighted by molar-refractivity contribution is -0.126. The van der Waals surface area contributed by atoms with Crippen LogP contribution in [0.4, 0.5) is 5.69 Å². The van der Waals surface area contributed by atoms with Crippen molar-refractivity contribution in [3.63, 3.8) is 0 Å². The summed E-state index contributed by atoms with van der Waals surface area (Å²) in [6, 6.07) is 8.19. The number of nitrogens with one attached hydrogen (secondary N) is 1. The first kappa shape index (κ1) is 17.4. The molecule has 1 aromatic rings. The summed E-state index contributed by atoms with van der Waals surface area (Å²) in [4.78, 5) is 14.8. The molecule has 0 aromatic heterocycles. The van der Waals surface area contributed by atoms with Crippen molar-refractivity contribution in [2.45, 2.75) is 57.3 Å². The molecule has 0 bridgehead atoms. The highest BCUT2D eigenvalue weighted by Crippen LogP contribution is 2.21. The summed E-state index contributed by atoms with van der Waals surface area (Å²) in [7, 11) is 0. The Bertz CT molecular complexity index is 524. The second-order valence-electron chi connectivity index (χ2n) is 6.94. The number of carbonyl (C=O) groups is 1. The van der Waals surface area contributed by atoms with Gasteiger partial charge in [0.15, 0.2) is 0 Å². The highest BCUT2D eigenvalue weighted by Gasteiger charge is 2.29. The van der Waals surface area contributed by atoms with E-state index in [1.54, 1.807) is 0 Å². The van der Waals surface area contributed by atoms with Crippen molar-refractivity contribution in [2.24, 2.45) is 5.73 Å². The van der Waals surface area contributed by atoms with E-state index in [1.165, 1.54) is 44.3 Å². The van der Waals surface area contributed by atoms with Gasteiger partial charge in [0.1, 0.15) is 6.10 Å². The number of amides is 1. The maximum absolute atomic E-state index is 12.2. The molecule has 2 aliphatic heterocycles. The van der Waals surface area contributed by atoms with E-state index in [4.69, 9.17) is 10.5 Å². The molecule has 3 N–H and O–H groups in total. The SMILES string of the molecule is NC[C@H]1CC[C@@H](C(=O)Nc2ccc(CN3CCCCCC3)cc2)O1. The van der Waals surface area contributed by atoms with E-state index >= 15 is 0 Å². The number of ether oxygens (including phenoxy) is 1. The molecule has 1 aromatic carbocycles. The molecule has 1 amide bonds. The smallest absolute Gasteiger partial charge is 0.253 e. The van der Waals surface area contributed by atoms with E-state index in [-0.39, 0.29) is 18.1 Å². The number of rotatable bonds is 5. The monoisotopic (exact) mass is 331 g/mol. The standard InChI is InChI=1S/C19H29N3O2/c20-13-17-9-10-18(24-17)19(23)21-16-7-5-15(6-8-16)14-22-11-3-1-2-4-12-22/h5-8,17-18H,1-4,9-14,20H2,(H,21,23)/t17-,18+/m1/s1. The molecule has 0 unspecified atom stereocenters. The summed E-state index contributed by atoms with van der Waals surface area (Å²) in [6.45, 7) is 3.87. The fraction of sp³-hybridized carbons (Fsp3) is 0.632. The van der Waals surface area contributed by atoms with E-state index < -0.39 is 0 Å². The third-order valence-electron chi connectivity index (χ3n) is 4.99. The van der Waals surface area contributed by atoms with Gasteiger partial charge in [0.05, 0.1) is 6.10 Å². The third kappa shape index (κ3) is 4.79. The van der Waals surface area contributed by atoms with Crippen LogP contribution in [0.5, 0.6) is 0 Å². The Morgan fingerprint density at radius 1 is 1.12 bits per heavy atom. The van der Waals surface area contributed by atoms with Crippen LogP contribution >= 0.6 is 0 Å². The van der Waals surface area contributed by atoms with Gasteiger partial charge in [0.2, 0.25) is 0 Å². The first-order valence-corrected chi connectivity index (χ1v) is 9.22. The molecule has 132 valence electrons. The number of carbonyl (C=O) groups excluding carboxylic acids is 1. The molecule has 2 saturated heterocycles. The zero-order valence-electron chi connectivity index (χ0n) is 14.4. The van der Waals surface area contributed by atoms with Crippen LogP contribution in [-0.2, 0) is 16.1 Å². The van der Waals surface area contributed by atoms with Gasteiger partial charge >= 0.3 is 0 Å². The van der Waals surface area contributed by atoms with E-state index in [1.807, 2.05) is 12.1 Å². The van der Waals surface area contributed by atoms with Crippen molar-refractivity contribution in [2.75, 3.05) is 25.0 Å². The van der Waals surface area contributed by atoms with Crippen LogP contribution in [0.15, 0.2) is 24.3 Å². The zero-order chi connectivity index (χ0) is 16.8. The molecule has 0 aliphatic carbocycles. The molecule has 24 heavy (non-hydrogen) atoms. The van der Waals surface area contributed by atoms with Crippen LogP contribution in [0.2, 0.25) is 0 Å². The lowest BCUT2D eigenvalue weighted by Gasteiger charge is -2.20. The molecular formula is C19H29N3O2. The number of likely N-dealkylation sites (tertiary alicyclic amines) is 1. The molecule has 3 rings (SSSR count). The van der Waals surface area contributed by atoms with E-state index in [2.05, 4.69) is 22.3 Å². The largest absolute Gasteiger partial charge is 0.364 e. The van der Waals surface area contributed by atoms with Gasteiger partial charge in [0, 0.05) is 18.8 Å². The highest BCUT2D eigenvalue weighted by molar-refractivity contribution is 5.94. The minimum absolute atomic E-state index is 0.0248. The van der Waals surface area contributed by atoms with Crippen LogP contribution in [0.25, 0.3) is 0 Å². The summed E-state index contributed by atoms with van der Waals surface area (Å²) < 4.78 is 5.64. The number of anilines is 1. The fourth-order valence-corrected chi connectivity index (χ4v) is 3.54. The number of hydrogen-bond acceptors (Lipinski definition) is 4. The molecule has 0 radical (unpaired) electrons. The predicted molar refractivity (Wildman–Crippen MR) is 95.8 cm³/mol. The Kier molecular flexibility index (Phi) is 6.24. The molecule has 2 fully saturated rings. The predicted octanol–water partition coefficient (Wildman–Crippen LogP) is 2.51. The summed E-state index contributed by atoms with van der Waals surface area (Å²) >= 11 is 0. The van der Waals surface area contributed by atoms with Gasteiger partial charge < -0.3 is 15.8 Å². The van der Waals surface area contributed by atoms with E-state index in [9.17, 15) is 4.79 Å². The van der Waals surface area contributed by atoms with E-state index in [0.717, 1.165) is 25.1 Å². The second kappa shape index (κ2) is 8.60. The van der Waals surface area contributed by atoms with Crippen molar-refractivity contribution in [1.82, 2.24) is 4.90 Å². The molecule has 0 spiro atoms. The summed E-state index contributed by atoms with van der Waals surface area (Å²) in [5, 5.41) is 2.95. The quantitative estimate of drug-likeness (QED) is 0.870. The first-order valence-electron chi connectivity index (χ1n) is 9.22. The fourth-order valence-electron chi connectivity index (χ4n) is 3.54. The molecule has 5 heteroatoms. The Morgan fingerprint density at radius 2 is 1.83 bits per heavy atom. The normalized spacial score (nSPS) is 25.4. The minimum atomic E-state index is -0.365.